The van der Waals surface area contributed by atoms with Crippen LogP contribution in [0.2, 0.25) is 0 Å². The van der Waals surface area contributed by atoms with Gasteiger partial charge < -0.3 is 5.11 Å². The molecular weight excluding hydrogens is 167 g/mol. The fourth-order valence-corrected chi connectivity index (χ4v) is 2.08. The number of benzene rings is 1. The molecule has 13 heavy (non-hydrogen) atoms. The molecule has 2 rings (SSSR count). The molecule has 0 radical (unpaired) electrons. The molecule has 1 aromatic rings. The highest BCUT2D eigenvalue weighted by molar-refractivity contribution is 5.30. The van der Waals surface area contributed by atoms with Crippen molar-refractivity contribution in [1.29, 1.82) is 0 Å². The largest absolute Gasteiger partial charge is 0.508 e. The highest BCUT2D eigenvalue weighted by Gasteiger charge is 2.19. The van der Waals surface area contributed by atoms with Crippen molar-refractivity contribution >= 4 is 0 Å². The molecule has 0 unspecified atom stereocenters. The molecule has 0 bridgehead atoms. The first-order valence-corrected chi connectivity index (χ1v) is 4.76. The molecule has 1 nitrogen and oxygen atoms in total. The van der Waals surface area contributed by atoms with Gasteiger partial charge in [0, 0.05) is 6.07 Å². The van der Waals surface area contributed by atoms with Gasteiger partial charge >= 0.3 is 0 Å². The lowest BCUT2D eigenvalue weighted by Crippen LogP contribution is -1.95. The SMILES string of the molecule is Oc1ccc(C2CCCC2)c(F)c1. The lowest BCUT2D eigenvalue weighted by Gasteiger charge is -2.10. The molecule has 0 spiro atoms. The van der Waals surface area contributed by atoms with E-state index in [0.717, 1.165) is 18.4 Å². The fourth-order valence-electron chi connectivity index (χ4n) is 2.08. The van der Waals surface area contributed by atoms with Gasteiger partial charge in [0.25, 0.3) is 0 Å². The highest BCUT2D eigenvalue weighted by Crippen LogP contribution is 2.35. The Morgan fingerprint density at radius 1 is 1.23 bits per heavy atom. The molecule has 0 aromatic heterocycles. The maximum absolute atomic E-state index is 13.3. The van der Waals surface area contributed by atoms with Gasteiger partial charge in [0.15, 0.2) is 0 Å². The quantitative estimate of drug-likeness (QED) is 0.703. The summed E-state index contributed by atoms with van der Waals surface area (Å²) in [5, 5.41) is 9.04. The third kappa shape index (κ3) is 1.67. The summed E-state index contributed by atoms with van der Waals surface area (Å²) in [5.74, 6) is 0.131. The third-order valence-corrected chi connectivity index (χ3v) is 2.78. The van der Waals surface area contributed by atoms with Gasteiger partial charge in [-0.3, -0.25) is 0 Å². The molecular formula is C11H13FO. The molecule has 1 aliphatic carbocycles. The first-order chi connectivity index (χ1) is 6.27. The van der Waals surface area contributed by atoms with E-state index < -0.39 is 0 Å². The van der Waals surface area contributed by atoms with Gasteiger partial charge in [0.1, 0.15) is 11.6 Å². The molecule has 1 fully saturated rings. The van der Waals surface area contributed by atoms with Crippen LogP contribution in [0.3, 0.4) is 0 Å². The predicted molar refractivity (Wildman–Crippen MR) is 49.3 cm³/mol. The van der Waals surface area contributed by atoms with Gasteiger partial charge in [-0.15, -0.1) is 0 Å². The molecule has 0 saturated heterocycles. The molecule has 1 N–H and O–H groups in total. The van der Waals surface area contributed by atoms with Crippen LogP contribution in [0.4, 0.5) is 4.39 Å². The zero-order valence-corrected chi connectivity index (χ0v) is 7.46. The van der Waals surface area contributed by atoms with Crippen LogP contribution in [0.1, 0.15) is 37.2 Å². The van der Waals surface area contributed by atoms with Crippen molar-refractivity contribution in [3.63, 3.8) is 0 Å². The average molecular weight is 180 g/mol. The Morgan fingerprint density at radius 2 is 1.92 bits per heavy atom. The van der Waals surface area contributed by atoms with Gasteiger partial charge in [-0.1, -0.05) is 18.9 Å². The number of halogens is 1. The van der Waals surface area contributed by atoms with E-state index in [1.807, 2.05) is 0 Å². The lowest BCUT2D eigenvalue weighted by molar-refractivity contribution is 0.466. The van der Waals surface area contributed by atoms with E-state index in [4.69, 9.17) is 5.11 Å². The van der Waals surface area contributed by atoms with E-state index in [1.54, 1.807) is 12.1 Å². The molecule has 70 valence electrons. The Labute approximate surface area is 77.2 Å². The van der Waals surface area contributed by atoms with Gasteiger partial charge in [-0.25, -0.2) is 4.39 Å². The molecule has 0 amide bonds. The molecule has 2 heteroatoms. The predicted octanol–water partition coefficient (Wildman–Crippen LogP) is 3.19. The smallest absolute Gasteiger partial charge is 0.130 e. The van der Waals surface area contributed by atoms with E-state index in [9.17, 15) is 4.39 Å². The fraction of sp³-hybridized carbons (Fsp3) is 0.455. The third-order valence-electron chi connectivity index (χ3n) is 2.78. The molecule has 0 heterocycles. The summed E-state index contributed by atoms with van der Waals surface area (Å²) < 4.78 is 13.3. The van der Waals surface area contributed by atoms with Gasteiger partial charge in [0.05, 0.1) is 0 Å². The lowest BCUT2D eigenvalue weighted by atomic mass is 9.97. The summed E-state index contributed by atoms with van der Waals surface area (Å²) in [6, 6.07) is 4.48. The van der Waals surface area contributed by atoms with Gasteiger partial charge in [-0.2, -0.15) is 0 Å². The normalized spacial score (nSPS) is 17.9. The standard InChI is InChI=1S/C11H13FO/c12-11-7-9(13)5-6-10(11)8-3-1-2-4-8/h5-8,13H,1-4H2. The van der Waals surface area contributed by atoms with Gasteiger partial charge in [-0.05, 0) is 30.4 Å². The van der Waals surface area contributed by atoms with E-state index in [2.05, 4.69) is 0 Å². The number of aromatic hydroxyl groups is 1. The number of hydrogen-bond acceptors (Lipinski definition) is 1. The minimum absolute atomic E-state index is 0.0132. The summed E-state index contributed by atoms with van der Waals surface area (Å²) in [6.07, 6.45) is 4.57. The Balaban J connectivity index is 2.29. The van der Waals surface area contributed by atoms with Crippen molar-refractivity contribution in [2.24, 2.45) is 0 Å². The van der Waals surface area contributed by atoms with E-state index >= 15 is 0 Å². The van der Waals surface area contributed by atoms with Crippen molar-refractivity contribution in [2.75, 3.05) is 0 Å². The Morgan fingerprint density at radius 3 is 2.54 bits per heavy atom. The Bertz CT molecular complexity index is 303. The summed E-state index contributed by atoms with van der Waals surface area (Å²) in [4.78, 5) is 0. The maximum Gasteiger partial charge on any atom is 0.130 e. The zero-order valence-electron chi connectivity index (χ0n) is 7.46. The summed E-state index contributed by atoms with van der Waals surface area (Å²) >= 11 is 0. The second kappa shape index (κ2) is 3.36. The minimum atomic E-state index is -0.257. The van der Waals surface area contributed by atoms with Crippen molar-refractivity contribution < 1.29 is 9.50 Å². The van der Waals surface area contributed by atoms with Crippen molar-refractivity contribution in [2.45, 2.75) is 31.6 Å². The van der Waals surface area contributed by atoms with Crippen molar-refractivity contribution in [3.8, 4) is 5.75 Å². The maximum atomic E-state index is 13.3. The highest BCUT2D eigenvalue weighted by atomic mass is 19.1. The number of phenolic OH excluding ortho intramolecular Hbond substituents is 1. The second-order valence-electron chi connectivity index (χ2n) is 3.69. The Hall–Kier alpha value is -1.05. The van der Waals surface area contributed by atoms with E-state index in [1.165, 1.54) is 18.9 Å². The van der Waals surface area contributed by atoms with Crippen molar-refractivity contribution in [1.82, 2.24) is 0 Å². The second-order valence-corrected chi connectivity index (χ2v) is 3.69. The van der Waals surface area contributed by atoms with Crippen LogP contribution in [0, 0.1) is 5.82 Å². The van der Waals surface area contributed by atoms with Crippen LogP contribution in [0.5, 0.6) is 5.75 Å². The molecule has 1 aliphatic rings. The summed E-state index contributed by atoms with van der Waals surface area (Å²) in [5.41, 5.74) is 0.773. The monoisotopic (exact) mass is 180 g/mol. The topological polar surface area (TPSA) is 20.2 Å². The molecule has 0 atom stereocenters. The van der Waals surface area contributed by atoms with Crippen molar-refractivity contribution in [3.05, 3.63) is 29.6 Å². The van der Waals surface area contributed by atoms with Crippen LogP contribution in [-0.4, -0.2) is 5.11 Å². The number of rotatable bonds is 1. The molecule has 1 aromatic carbocycles. The van der Waals surface area contributed by atoms with Gasteiger partial charge in [0.2, 0.25) is 0 Å². The van der Waals surface area contributed by atoms with Crippen LogP contribution in [0.25, 0.3) is 0 Å². The molecule has 1 saturated carbocycles. The summed E-state index contributed by atoms with van der Waals surface area (Å²) in [7, 11) is 0. The Kier molecular flexibility index (Phi) is 2.21. The van der Waals surface area contributed by atoms with Crippen LogP contribution in [-0.2, 0) is 0 Å². The van der Waals surface area contributed by atoms with Crippen LogP contribution < -0.4 is 0 Å². The summed E-state index contributed by atoms with van der Waals surface area (Å²) in [6.45, 7) is 0. The molecule has 0 aliphatic heterocycles. The minimum Gasteiger partial charge on any atom is -0.508 e. The first-order valence-electron chi connectivity index (χ1n) is 4.76. The van der Waals surface area contributed by atoms with E-state index in [0.29, 0.717) is 5.92 Å². The van der Waals surface area contributed by atoms with E-state index in [-0.39, 0.29) is 11.6 Å². The number of phenols is 1. The van der Waals surface area contributed by atoms with Crippen LogP contribution in [0.15, 0.2) is 18.2 Å². The zero-order chi connectivity index (χ0) is 9.26. The first kappa shape index (κ1) is 8.54. The average Bonchev–Trinajstić information content (AvgIpc) is 2.56. The number of hydrogen-bond donors (Lipinski definition) is 1. The van der Waals surface area contributed by atoms with Crippen LogP contribution >= 0.6 is 0 Å².